The van der Waals surface area contributed by atoms with Crippen molar-refractivity contribution in [2.24, 2.45) is 5.92 Å². The molecule has 102 valence electrons. The minimum absolute atomic E-state index is 0.0119. The molecule has 19 heavy (non-hydrogen) atoms. The summed E-state index contributed by atoms with van der Waals surface area (Å²) in [6, 6.07) is 3.73. The number of nitrogens with zero attached hydrogens (tertiary/aromatic N) is 1. The molecule has 0 aliphatic carbocycles. The number of esters is 1. The van der Waals surface area contributed by atoms with Crippen LogP contribution in [-0.4, -0.2) is 31.4 Å². The Labute approximate surface area is 109 Å². The van der Waals surface area contributed by atoms with Gasteiger partial charge in [0.25, 0.3) is 0 Å². The molecule has 0 bridgehead atoms. The van der Waals surface area contributed by atoms with Crippen LogP contribution in [0.4, 0.5) is 14.5 Å². The van der Waals surface area contributed by atoms with E-state index in [1.54, 1.807) is 6.92 Å². The quantitative estimate of drug-likeness (QED) is 0.616. The van der Waals surface area contributed by atoms with Crippen LogP contribution in [0, 0.1) is 17.6 Å². The van der Waals surface area contributed by atoms with Crippen molar-refractivity contribution in [2.45, 2.75) is 6.92 Å². The molecule has 6 heteroatoms. The van der Waals surface area contributed by atoms with Crippen LogP contribution >= 0.6 is 0 Å². The zero-order chi connectivity index (χ0) is 14.0. The molecule has 2 rings (SSSR count). The number of ether oxygens (including phenoxy) is 1. The fourth-order valence-corrected chi connectivity index (χ4v) is 2.05. The monoisotopic (exact) mass is 269 g/mol. The van der Waals surface area contributed by atoms with Gasteiger partial charge in [-0.15, -0.1) is 0 Å². The predicted molar refractivity (Wildman–Crippen MR) is 63.7 cm³/mol. The molecule has 0 spiro atoms. The number of halogens is 2. The van der Waals surface area contributed by atoms with Crippen molar-refractivity contribution in [2.75, 3.05) is 24.6 Å². The van der Waals surface area contributed by atoms with Crippen molar-refractivity contribution in [3.63, 3.8) is 0 Å². The molecule has 4 nitrogen and oxygen atoms in total. The van der Waals surface area contributed by atoms with Gasteiger partial charge < -0.3 is 9.64 Å². The van der Waals surface area contributed by atoms with Gasteiger partial charge in [-0.1, -0.05) is 6.07 Å². The van der Waals surface area contributed by atoms with E-state index in [4.69, 9.17) is 4.74 Å². The van der Waals surface area contributed by atoms with E-state index in [1.165, 1.54) is 17.0 Å². The number of rotatable bonds is 3. The van der Waals surface area contributed by atoms with Crippen molar-refractivity contribution in [1.29, 1.82) is 0 Å². The van der Waals surface area contributed by atoms with Crippen molar-refractivity contribution in [3.8, 4) is 0 Å². The zero-order valence-corrected chi connectivity index (χ0v) is 10.4. The summed E-state index contributed by atoms with van der Waals surface area (Å²) in [5, 5.41) is 0. The van der Waals surface area contributed by atoms with Gasteiger partial charge >= 0.3 is 5.97 Å². The third-order valence-electron chi connectivity index (χ3n) is 2.98. The lowest BCUT2D eigenvalue weighted by atomic mass is 10.1. The number of carbonyl (C=O) groups is 2. The second-order valence-corrected chi connectivity index (χ2v) is 4.22. The first-order valence-corrected chi connectivity index (χ1v) is 5.93. The van der Waals surface area contributed by atoms with Gasteiger partial charge in [0.05, 0.1) is 18.8 Å². The number of Topliss-reactive ketones (excluding diaryl/α,β-unsaturated/α-hetero) is 1. The standard InChI is InChI=1S/C13H13F2NO3/c1-2-19-13(18)8-6-16(7-11(8)17)10-5-3-4-9(14)12(10)15/h3-5,8H,2,6-7H2,1H3. The average Bonchev–Trinajstić information content (AvgIpc) is 2.75. The van der Waals surface area contributed by atoms with Gasteiger partial charge in [-0.2, -0.15) is 0 Å². The number of hydrogen-bond acceptors (Lipinski definition) is 4. The molecular formula is C13H13F2NO3. The number of ketones is 1. The highest BCUT2D eigenvalue weighted by molar-refractivity contribution is 6.04. The minimum Gasteiger partial charge on any atom is -0.465 e. The van der Waals surface area contributed by atoms with Gasteiger partial charge in [-0.25, -0.2) is 8.78 Å². The molecule has 1 fully saturated rings. The van der Waals surface area contributed by atoms with Gasteiger partial charge in [0, 0.05) is 6.54 Å². The number of carbonyl (C=O) groups excluding carboxylic acids is 2. The van der Waals surface area contributed by atoms with E-state index in [2.05, 4.69) is 0 Å². The molecule has 1 aliphatic heterocycles. The van der Waals surface area contributed by atoms with E-state index in [9.17, 15) is 18.4 Å². The van der Waals surface area contributed by atoms with E-state index in [1.807, 2.05) is 0 Å². The van der Waals surface area contributed by atoms with Gasteiger partial charge in [-0.05, 0) is 19.1 Å². The Kier molecular flexibility index (Phi) is 3.78. The summed E-state index contributed by atoms with van der Waals surface area (Å²) in [5.74, 6) is -3.89. The summed E-state index contributed by atoms with van der Waals surface area (Å²) in [7, 11) is 0. The fraction of sp³-hybridized carbons (Fsp3) is 0.385. The number of hydrogen-bond donors (Lipinski definition) is 0. The molecule has 1 aromatic rings. The van der Waals surface area contributed by atoms with Crippen molar-refractivity contribution in [3.05, 3.63) is 29.8 Å². The van der Waals surface area contributed by atoms with Crippen LogP contribution in [0.5, 0.6) is 0 Å². The maximum Gasteiger partial charge on any atom is 0.318 e. The first-order valence-electron chi connectivity index (χ1n) is 5.93. The number of benzene rings is 1. The summed E-state index contributed by atoms with van der Waals surface area (Å²) in [6.07, 6.45) is 0. The molecule has 1 aromatic carbocycles. The molecule has 0 amide bonds. The molecule has 0 aromatic heterocycles. The average molecular weight is 269 g/mol. The summed E-state index contributed by atoms with van der Waals surface area (Å²) >= 11 is 0. The first-order chi connectivity index (χ1) is 9.04. The Morgan fingerprint density at radius 2 is 2.21 bits per heavy atom. The highest BCUT2D eigenvalue weighted by Crippen LogP contribution is 2.26. The zero-order valence-electron chi connectivity index (χ0n) is 10.4. The van der Waals surface area contributed by atoms with Crippen molar-refractivity contribution >= 4 is 17.4 Å². The highest BCUT2D eigenvalue weighted by Gasteiger charge is 2.38. The van der Waals surface area contributed by atoms with E-state index < -0.39 is 23.5 Å². The Morgan fingerprint density at radius 1 is 1.47 bits per heavy atom. The molecule has 1 unspecified atom stereocenters. The molecule has 1 saturated heterocycles. The van der Waals surface area contributed by atoms with E-state index in [0.717, 1.165) is 6.07 Å². The number of anilines is 1. The van der Waals surface area contributed by atoms with Crippen molar-refractivity contribution in [1.82, 2.24) is 0 Å². The second kappa shape index (κ2) is 5.34. The van der Waals surface area contributed by atoms with Crippen LogP contribution in [0.3, 0.4) is 0 Å². The lowest BCUT2D eigenvalue weighted by Gasteiger charge is -2.18. The van der Waals surface area contributed by atoms with Crippen LogP contribution < -0.4 is 4.90 Å². The maximum atomic E-state index is 13.6. The Balaban J connectivity index is 2.19. The second-order valence-electron chi connectivity index (χ2n) is 4.22. The SMILES string of the molecule is CCOC(=O)C1CN(c2cccc(F)c2F)CC1=O. The summed E-state index contributed by atoms with van der Waals surface area (Å²) in [5.41, 5.74) is -0.0138. The Morgan fingerprint density at radius 3 is 2.89 bits per heavy atom. The molecule has 0 radical (unpaired) electrons. The topological polar surface area (TPSA) is 46.6 Å². The molecule has 1 aliphatic rings. The molecule has 1 atom stereocenters. The largest absolute Gasteiger partial charge is 0.465 e. The van der Waals surface area contributed by atoms with Crippen LogP contribution in [0.15, 0.2) is 18.2 Å². The third kappa shape index (κ3) is 2.57. The van der Waals surface area contributed by atoms with E-state index in [0.29, 0.717) is 0 Å². The molecule has 0 N–H and O–H groups in total. The lowest BCUT2D eigenvalue weighted by Crippen LogP contribution is -2.26. The minimum atomic E-state index is -1.01. The van der Waals surface area contributed by atoms with Crippen molar-refractivity contribution < 1.29 is 23.1 Å². The molecular weight excluding hydrogens is 256 g/mol. The van der Waals surface area contributed by atoms with Gasteiger partial charge in [0.15, 0.2) is 17.4 Å². The molecule has 1 heterocycles. The van der Waals surface area contributed by atoms with E-state index >= 15 is 0 Å². The smallest absolute Gasteiger partial charge is 0.318 e. The van der Waals surface area contributed by atoms with Crippen LogP contribution in [0.1, 0.15) is 6.92 Å². The Hall–Kier alpha value is -1.98. The fourth-order valence-electron chi connectivity index (χ4n) is 2.05. The maximum absolute atomic E-state index is 13.6. The Bertz CT molecular complexity index is 519. The summed E-state index contributed by atoms with van der Waals surface area (Å²) in [6.45, 7) is 1.71. The van der Waals surface area contributed by atoms with Gasteiger partial charge in [0.2, 0.25) is 0 Å². The van der Waals surface area contributed by atoms with Gasteiger partial charge in [0.1, 0.15) is 5.92 Å². The summed E-state index contributed by atoms with van der Waals surface area (Å²) < 4.78 is 31.5. The normalized spacial score (nSPS) is 18.8. The predicted octanol–water partition coefficient (Wildman–Crippen LogP) is 1.53. The lowest BCUT2D eigenvalue weighted by molar-refractivity contribution is -0.149. The highest BCUT2D eigenvalue weighted by atomic mass is 19.2. The van der Waals surface area contributed by atoms with E-state index in [-0.39, 0.29) is 31.2 Å². The summed E-state index contributed by atoms with van der Waals surface area (Å²) in [4.78, 5) is 24.6. The molecule has 0 saturated carbocycles. The van der Waals surface area contributed by atoms with Crippen LogP contribution in [0.2, 0.25) is 0 Å². The van der Waals surface area contributed by atoms with Gasteiger partial charge in [-0.3, -0.25) is 9.59 Å². The van der Waals surface area contributed by atoms with Crippen LogP contribution in [-0.2, 0) is 14.3 Å². The van der Waals surface area contributed by atoms with Crippen LogP contribution in [0.25, 0.3) is 0 Å². The third-order valence-corrected chi connectivity index (χ3v) is 2.98. The first kappa shape index (κ1) is 13.5.